The summed E-state index contributed by atoms with van der Waals surface area (Å²) in [5.41, 5.74) is 2.62. The van der Waals surface area contributed by atoms with Crippen LogP contribution in [0.2, 0.25) is 0 Å². The molecule has 32 heavy (non-hydrogen) atoms. The Morgan fingerprint density at radius 1 is 0.906 bits per heavy atom. The maximum atomic E-state index is 12.6. The fraction of sp³-hybridized carbons (Fsp3) is 0.400. The first-order chi connectivity index (χ1) is 15.5. The van der Waals surface area contributed by atoms with Gasteiger partial charge in [0.1, 0.15) is 0 Å². The van der Waals surface area contributed by atoms with Crippen LogP contribution in [0, 0.1) is 5.92 Å². The van der Waals surface area contributed by atoms with Gasteiger partial charge in [0, 0.05) is 42.1 Å². The molecular formula is C25H32N4O3. The van der Waals surface area contributed by atoms with Crippen molar-refractivity contribution in [3.8, 4) is 0 Å². The van der Waals surface area contributed by atoms with Gasteiger partial charge in [0.25, 0.3) is 11.8 Å². The van der Waals surface area contributed by atoms with E-state index < -0.39 is 0 Å². The van der Waals surface area contributed by atoms with Crippen LogP contribution in [0.5, 0.6) is 0 Å². The number of anilines is 2. The number of piperidine rings is 1. The Kier molecular flexibility index (Phi) is 8.25. The summed E-state index contributed by atoms with van der Waals surface area (Å²) in [6, 6.07) is 14.0. The van der Waals surface area contributed by atoms with Crippen LogP contribution in [0.3, 0.4) is 0 Å². The predicted octanol–water partition coefficient (Wildman–Crippen LogP) is 3.75. The molecule has 1 saturated heterocycles. The van der Waals surface area contributed by atoms with Crippen molar-refractivity contribution in [2.45, 2.75) is 33.1 Å². The highest BCUT2D eigenvalue weighted by molar-refractivity contribution is 5.97. The van der Waals surface area contributed by atoms with Gasteiger partial charge in [-0.15, -0.1) is 0 Å². The fourth-order valence-electron chi connectivity index (χ4n) is 3.56. The molecule has 0 radical (unpaired) electrons. The average Bonchev–Trinajstić information content (AvgIpc) is 2.82. The fourth-order valence-corrected chi connectivity index (χ4v) is 3.56. The summed E-state index contributed by atoms with van der Waals surface area (Å²) in [6.07, 6.45) is 2.98. The zero-order valence-electron chi connectivity index (χ0n) is 18.8. The SMILES string of the molecule is CCCNC(=O)c1ccc(NC(=O)CNc2ccc(C(=O)N3CCC(C)CC3)cc2)cc1. The molecule has 170 valence electrons. The van der Waals surface area contributed by atoms with Crippen LogP contribution in [-0.4, -0.2) is 48.8 Å². The second-order valence-electron chi connectivity index (χ2n) is 8.29. The van der Waals surface area contributed by atoms with Crippen molar-refractivity contribution in [2.24, 2.45) is 5.92 Å². The number of amides is 3. The summed E-state index contributed by atoms with van der Waals surface area (Å²) >= 11 is 0. The highest BCUT2D eigenvalue weighted by Crippen LogP contribution is 2.19. The minimum Gasteiger partial charge on any atom is -0.376 e. The van der Waals surface area contributed by atoms with Crippen LogP contribution in [-0.2, 0) is 4.79 Å². The molecule has 1 aliphatic heterocycles. The molecule has 0 spiro atoms. The third kappa shape index (κ3) is 6.57. The molecule has 0 saturated carbocycles. The van der Waals surface area contributed by atoms with Gasteiger partial charge in [0.2, 0.25) is 5.91 Å². The molecule has 7 heteroatoms. The number of carbonyl (C=O) groups excluding carboxylic acids is 3. The van der Waals surface area contributed by atoms with E-state index in [2.05, 4.69) is 22.9 Å². The van der Waals surface area contributed by atoms with E-state index in [9.17, 15) is 14.4 Å². The Labute approximate surface area is 189 Å². The summed E-state index contributed by atoms with van der Waals surface area (Å²) in [5.74, 6) is 0.423. The van der Waals surface area contributed by atoms with Gasteiger partial charge in [0.05, 0.1) is 6.54 Å². The van der Waals surface area contributed by atoms with Crippen LogP contribution < -0.4 is 16.0 Å². The second-order valence-corrected chi connectivity index (χ2v) is 8.29. The molecule has 1 fully saturated rings. The summed E-state index contributed by atoms with van der Waals surface area (Å²) in [6.45, 7) is 6.57. The third-order valence-corrected chi connectivity index (χ3v) is 5.62. The summed E-state index contributed by atoms with van der Waals surface area (Å²) < 4.78 is 0. The quantitative estimate of drug-likeness (QED) is 0.588. The van der Waals surface area contributed by atoms with Crippen LogP contribution >= 0.6 is 0 Å². The average molecular weight is 437 g/mol. The lowest BCUT2D eigenvalue weighted by Gasteiger charge is -2.30. The van der Waals surface area contributed by atoms with Crippen LogP contribution in [0.4, 0.5) is 11.4 Å². The van der Waals surface area contributed by atoms with E-state index in [1.165, 1.54) is 0 Å². The number of hydrogen-bond donors (Lipinski definition) is 3. The van der Waals surface area contributed by atoms with Crippen molar-refractivity contribution in [1.82, 2.24) is 10.2 Å². The van der Waals surface area contributed by atoms with E-state index in [1.54, 1.807) is 36.4 Å². The monoisotopic (exact) mass is 436 g/mol. The molecule has 0 unspecified atom stereocenters. The normalized spacial score (nSPS) is 14.0. The van der Waals surface area contributed by atoms with E-state index in [1.807, 2.05) is 24.0 Å². The van der Waals surface area contributed by atoms with Crippen LogP contribution in [0.15, 0.2) is 48.5 Å². The van der Waals surface area contributed by atoms with Crippen molar-refractivity contribution < 1.29 is 14.4 Å². The predicted molar refractivity (Wildman–Crippen MR) is 127 cm³/mol. The van der Waals surface area contributed by atoms with E-state index >= 15 is 0 Å². The first-order valence-electron chi connectivity index (χ1n) is 11.3. The maximum Gasteiger partial charge on any atom is 0.253 e. The number of rotatable bonds is 8. The molecule has 7 nitrogen and oxygen atoms in total. The Hall–Kier alpha value is -3.35. The van der Waals surface area contributed by atoms with Gasteiger partial charge in [-0.25, -0.2) is 0 Å². The van der Waals surface area contributed by atoms with E-state index in [0.29, 0.717) is 29.3 Å². The van der Waals surface area contributed by atoms with Gasteiger partial charge < -0.3 is 20.9 Å². The van der Waals surface area contributed by atoms with Crippen molar-refractivity contribution in [2.75, 3.05) is 36.8 Å². The molecule has 3 N–H and O–H groups in total. The number of benzene rings is 2. The standard InChI is InChI=1S/C25H32N4O3/c1-3-14-26-24(31)19-4-10-22(11-5-19)28-23(30)17-27-21-8-6-20(7-9-21)25(32)29-15-12-18(2)13-16-29/h4-11,18,27H,3,12-17H2,1-2H3,(H,26,31)(H,28,30). The van der Waals surface area contributed by atoms with Gasteiger partial charge in [-0.1, -0.05) is 13.8 Å². The van der Waals surface area contributed by atoms with E-state index in [-0.39, 0.29) is 24.3 Å². The molecule has 1 aliphatic rings. The second kappa shape index (κ2) is 11.3. The lowest BCUT2D eigenvalue weighted by molar-refractivity contribution is -0.114. The first-order valence-corrected chi connectivity index (χ1v) is 11.3. The topological polar surface area (TPSA) is 90.5 Å². The molecule has 0 aliphatic carbocycles. The Morgan fingerprint density at radius 2 is 1.50 bits per heavy atom. The summed E-state index contributed by atoms with van der Waals surface area (Å²) in [7, 11) is 0. The molecule has 2 aromatic carbocycles. The van der Waals surface area contributed by atoms with Gasteiger partial charge in [-0.3, -0.25) is 14.4 Å². The number of nitrogens with one attached hydrogen (secondary N) is 3. The molecule has 3 rings (SSSR count). The van der Waals surface area contributed by atoms with E-state index in [4.69, 9.17) is 0 Å². The van der Waals surface area contributed by atoms with Gasteiger partial charge in [-0.2, -0.15) is 0 Å². The van der Waals surface area contributed by atoms with Gasteiger partial charge in [-0.05, 0) is 73.7 Å². The number of nitrogens with zero attached hydrogens (tertiary/aromatic N) is 1. The van der Waals surface area contributed by atoms with Gasteiger partial charge in [0.15, 0.2) is 0 Å². The highest BCUT2D eigenvalue weighted by atomic mass is 16.2. The maximum absolute atomic E-state index is 12.6. The first kappa shape index (κ1) is 23.3. The van der Waals surface area contributed by atoms with Crippen molar-refractivity contribution in [1.29, 1.82) is 0 Å². The minimum absolute atomic E-state index is 0.0630. The zero-order valence-corrected chi connectivity index (χ0v) is 18.8. The zero-order chi connectivity index (χ0) is 22.9. The number of likely N-dealkylation sites (tertiary alicyclic amines) is 1. The van der Waals surface area contributed by atoms with E-state index in [0.717, 1.165) is 38.0 Å². The van der Waals surface area contributed by atoms with Crippen LogP contribution in [0.25, 0.3) is 0 Å². The van der Waals surface area contributed by atoms with Crippen LogP contribution in [0.1, 0.15) is 53.8 Å². The number of carbonyl (C=O) groups is 3. The van der Waals surface area contributed by atoms with Crippen molar-refractivity contribution >= 4 is 29.1 Å². The number of hydrogen-bond acceptors (Lipinski definition) is 4. The Morgan fingerprint density at radius 3 is 2.12 bits per heavy atom. The summed E-state index contributed by atoms with van der Waals surface area (Å²) in [4.78, 5) is 38.7. The summed E-state index contributed by atoms with van der Waals surface area (Å²) in [5, 5.41) is 8.69. The molecular weight excluding hydrogens is 404 g/mol. The Bertz CT molecular complexity index is 917. The lowest BCUT2D eigenvalue weighted by atomic mass is 9.98. The lowest BCUT2D eigenvalue weighted by Crippen LogP contribution is -2.37. The molecule has 2 aromatic rings. The third-order valence-electron chi connectivity index (χ3n) is 5.62. The largest absolute Gasteiger partial charge is 0.376 e. The molecule has 1 heterocycles. The molecule has 0 bridgehead atoms. The smallest absolute Gasteiger partial charge is 0.253 e. The molecule has 0 aromatic heterocycles. The van der Waals surface area contributed by atoms with Gasteiger partial charge >= 0.3 is 0 Å². The van der Waals surface area contributed by atoms with Crippen molar-refractivity contribution in [3.63, 3.8) is 0 Å². The molecule has 3 amide bonds. The Balaban J connectivity index is 1.45. The van der Waals surface area contributed by atoms with Crippen molar-refractivity contribution in [3.05, 3.63) is 59.7 Å². The molecule has 0 atom stereocenters. The minimum atomic E-state index is -0.198. The highest BCUT2D eigenvalue weighted by Gasteiger charge is 2.21.